The highest BCUT2D eigenvalue weighted by molar-refractivity contribution is 5.79. The fourth-order valence-electron chi connectivity index (χ4n) is 3.33. The van der Waals surface area contributed by atoms with Crippen LogP contribution in [0.4, 0.5) is 0 Å². The first-order valence-electron chi connectivity index (χ1n) is 8.72. The van der Waals surface area contributed by atoms with Crippen LogP contribution in [0.2, 0.25) is 0 Å². The summed E-state index contributed by atoms with van der Waals surface area (Å²) in [7, 11) is 0. The Kier molecular flexibility index (Phi) is 3.67. The summed E-state index contributed by atoms with van der Waals surface area (Å²) < 4.78 is 7.34. The molecule has 8 heteroatoms. The lowest BCUT2D eigenvalue weighted by Crippen LogP contribution is -2.24. The molecule has 27 heavy (non-hydrogen) atoms. The van der Waals surface area contributed by atoms with Gasteiger partial charge in [-0.25, -0.2) is 4.98 Å². The topological polar surface area (TPSA) is 89.4 Å². The second kappa shape index (κ2) is 6.31. The summed E-state index contributed by atoms with van der Waals surface area (Å²) in [5, 5.41) is 4.06. The number of fused-ring (bicyclic) bond motifs is 1. The number of hydrogen-bond donors (Lipinski definition) is 0. The molecule has 5 heterocycles. The van der Waals surface area contributed by atoms with Gasteiger partial charge in [0.1, 0.15) is 11.3 Å². The molecule has 0 N–H and O–H groups in total. The Morgan fingerprint density at radius 2 is 2.07 bits per heavy atom. The lowest BCUT2D eigenvalue weighted by atomic mass is 10.1. The summed E-state index contributed by atoms with van der Waals surface area (Å²) in [6.07, 6.45) is 5.86. The summed E-state index contributed by atoms with van der Waals surface area (Å²) in [5.41, 5.74) is 2.32. The van der Waals surface area contributed by atoms with Gasteiger partial charge in [0.15, 0.2) is 0 Å². The fourth-order valence-corrected chi connectivity index (χ4v) is 3.33. The Morgan fingerprint density at radius 3 is 2.93 bits per heavy atom. The summed E-state index contributed by atoms with van der Waals surface area (Å²) in [5.74, 6) is 0.862. The van der Waals surface area contributed by atoms with Crippen LogP contribution in [-0.2, 0) is 11.3 Å². The van der Waals surface area contributed by atoms with Gasteiger partial charge in [-0.15, -0.1) is 0 Å². The number of rotatable bonds is 4. The number of carbonyl (C=O) groups excluding carboxylic acids is 1. The van der Waals surface area contributed by atoms with Gasteiger partial charge >= 0.3 is 0 Å². The van der Waals surface area contributed by atoms with E-state index in [2.05, 4.69) is 20.1 Å². The number of amides is 1. The molecule has 1 aliphatic heterocycles. The molecule has 8 nitrogen and oxygen atoms in total. The Bertz CT molecular complexity index is 1070. The smallest absolute Gasteiger partial charge is 0.232 e. The summed E-state index contributed by atoms with van der Waals surface area (Å²) in [6.45, 7) is 1.03. The fraction of sp³-hybridized carbons (Fsp3) is 0.211. The Labute approximate surface area is 154 Å². The molecule has 4 aromatic heterocycles. The van der Waals surface area contributed by atoms with Crippen LogP contribution in [0, 0.1) is 0 Å². The van der Waals surface area contributed by atoms with Gasteiger partial charge in [0.2, 0.25) is 17.6 Å². The van der Waals surface area contributed by atoms with E-state index in [9.17, 15) is 4.79 Å². The van der Waals surface area contributed by atoms with Crippen molar-refractivity contribution >= 4 is 11.6 Å². The first kappa shape index (κ1) is 15.7. The summed E-state index contributed by atoms with van der Waals surface area (Å²) in [4.78, 5) is 27.4. The predicted molar refractivity (Wildman–Crippen MR) is 95.5 cm³/mol. The molecule has 0 saturated carbocycles. The van der Waals surface area contributed by atoms with Crippen molar-refractivity contribution in [2.24, 2.45) is 0 Å². The summed E-state index contributed by atoms with van der Waals surface area (Å²) >= 11 is 0. The minimum atomic E-state index is -0.112. The molecule has 1 aliphatic rings. The SMILES string of the molecule is O=C1C[C@@H](c2nc(-c3cn4ccccc4n3)no2)CN1Cc1ccccn1. The standard InChI is InChI=1S/C19H16N6O2/c26-17-9-13(10-25(17)11-14-5-1-3-7-20-14)19-22-18(23-27-19)15-12-24-8-4-2-6-16(24)21-15/h1-8,12-13H,9-11H2/t13-/m1/s1. The second-order valence-corrected chi connectivity index (χ2v) is 6.54. The van der Waals surface area contributed by atoms with Gasteiger partial charge in [0, 0.05) is 31.6 Å². The highest BCUT2D eigenvalue weighted by atomic mass is 16.5. The lowest BCUT2D eigenvalue weighted by molar-refractivity contribution is -0.128. The average molecular weight is 360 g/mol. The molecule has 0 aliphatic carbocycles. The van der Waals surface area contributed by atoms with Gasteiger partial charge in [-0.1, -0.05) is 17.3 Å². The van der Waals surface area contributed by atoms with E-state index in [1.807, 2.05) is 53.2 Å². The van der Waals surface area contributed by atoms with Crippen molar-refractivity contribution in [2.45, 2.75) is 18.9 Å². The number of aromatic nitrogens is 5. The summed E-state index contributed by atoms with van der Waals surface area (Å²) in [6, 6.07) is 11.5. The molecule has 4 aromatic rings. The number of hydrogen-bond acceptors (Lipinski definition) is 6. The molecular weight excluding hydrogens is 344 g/mol. The van der Waals surface area contributed by atoms with Gasteiger partial charge in [0.25, 0.3) is 0 Å². The highest BCUT2D eigenvalue weighted by Gasteiger charge is 2.34. The third kappa shape index (κ3) is 2.95. The van der Waals surface area contributed by atoms with Crippen LogP contribution in [0.1, 0.15) is 23.9 Å². The van der Waals surface area contributed by atoms with Crippen molar-refractivity contribution in [2.75, 3.05) is 6.54 Å². The van der Waals surface area contributed by atoms with E-state index in [1.165, 1.54) is 0 Å². The van der Waals surface area contributed by atoms with Gasteiger partial charge < -0.3 is 13.8 Å². The Hall–Kier alpha value is -3.55. The molecule has 0 radical (unpaired) electrons. The maximum Gasteiger partial charge on any atom is 0.232 e. The third-order valence-electron chi connectivity index (χ3n) is 4.68. The Morgan fingerprint density at radius 1 is 1.15 bits per heavy atom. The van der Waals surface area contributed by atoms with Crippen molar-refractivity contribution < 1.29 is 9.32 Å². The van der Waals surface area contributed by atoms with E-state index in [0.29, 0.717) is 36.9 Å². The number of pyridine rings is 2. The second-order valence-electron chi connectivity index (χ2n) is 6.54. The van der Waals surface area contributed by atoms with Gasteiger partial charge in [0.05, 0.1) is 18.2 Å². The maximum atomic E-state index is 12.3. The Balaban J connectivity index is 1.34. The van der Waals surface area contributed by atoms with E-state index in [1.54, 1.807) is 11.1 Å². The first-order valence-corrected chi connectivity index (χ1v) is 8.72. The lowest BCUT2D eigenvalue weighted by Gasteiger charge is -2.15. The zero-order chi connectivity index (χ0) is 18.2. The van der Waals surface area contributed by atoms with Crippen LogP contribution in [-0.4, -0.2) is 41.9 Å². The molecular formula is C19H16N6O2. The third-order valence-corrected chi connectivity index (χ3v) is 4.68. The van der Waals surface area contributed by atoms with Gasteiger partial charge in [-0.3, -0.25) is 9.78 Å². The highest BCUT2D eigenvalue weighted by Crippen LogP contribution is 2.29. The molecule has 1 fully saturated rings. The normalized spacial score (nSPS) is 17.1. The quantitative estimate of drug-likeness (QED) is 0.555. The van der Waals surface area contributed by atoms with Crippen molar-refractivity contribution in [1.82, 2.24) is 29.4 Å². The van der Waals surface area contributed by atoms with Gasteiger partial charge in [-0.2, -0.15) is 4.98 Å². The van der Waals surface area contributed by atoms with Crippen LogP contribution in [0.5, 0.6) is 0 Å². The molecule has 1 saturated heterocycles. The van der Waals surface area contributed by atoms with Crippen molar-refractivity contribution in [3.05, 3.63) is 66.6 Å². The average Bonchev–Trinajstić information content (AvgIpc) is 3.41. The monoisotopic (exact) mass is 360 g/mol. The van der Waals surface area contributed by atoms with Crippen LogP contribution in [0.3, 0.4) is 0 Å². The van der Waals surface area contributed by atoms with Crippen molar-refractivity contribution in [3.8, 4) is 11.5 Å². The van der Waals surface area contributed by atoms with E-state index < -0.39 is 0 Å². The predicted octanol–water partition coefficient (Wildman–Crippen LogP) is 2.30. The largest absolute Gasteiger partial charge is 0.339 e. The first-order chi connectivity index (χ1) is 13.3. The van der Waals surface area contributed by atoms with Crippen molar-refractivity contribution in [3.63, 3.8) is 0 Å². The molecule has 0 bridgehead atoms. The molecule has 134 valence electrons. The van der Waals surface area contributed by atoms with Gasteiger partial charge in [-0.05, 0) is 24.3 Å². The molecule has 0 unspecified atom stereocenters. The molecule has 1 atom stereocenters. The van der Waals surface area contributed by atoms with Crippen LogP contribution >= 0.6 is 0 Å². The molecule has 0 aromatic carbocycles. The van der Waals surface area contributed by atoms with E-state index in [-0.39, 0.29) is 11.8 Å². The van der Waals surface area contributed by atoms with E-state index in [4.69, 9.17) is 4.52 Å². The zero-order valence-electron chi connectivity index (χ0n) is 14.4. The van der Waals surface area contributed by atoms with E-state index >= 15 is 0 Å². The molecule has 5 rings (SSSR count). The number of carbonyl (C=O) groups is 1. The number of likely N-dealkylation sites (tertiary alicyclic amines) is 1. The van der Waals surface area contributed by atoms with Crippen LogP contribution in [0.25, 0.3) is 17.2 Å². The van der Waals surface area contributed by atoms with Crippen LogP contribution < -0.4 is 0 Å². The zero-order valence-corrected chi connectivity index (χ0v) is 14.4. The van der Waals surface area contributed by atoms with E-state index in [0.717, 1.165) is 11.3 Å². The minimum absolute atomic E-state index is 0.0677. The number of nitrogens with zero attached hydrogens (tertiary/aromatic N) is 6. The maximum absolute atomic E-state index is 12.3. The molecule has 1 amide bonds. The minimum Gasteiger partial charge on any atom is -0.339 e. The van der Waals surface area contributed by atoms with Crippen molar-refractivity contribution in [1.29, 1.82) is 0 Å². The van der Waals surface area contributed by atoms with Crippen LogP contribution in [0.15, 0.2) is 59.5 Å². The number of imidazole rings is 1. The molecule has 0 spiro atoms.